The number of benzene rings is 5. The Morgan fingerprint density at radius 1 is 0.526 bits per heavy atom. The van der Waals surface area contributed by atoms with Gasteiger partial charge in [-0.15, -0.1) is 0 Å². The van der Waals surface area contributed by atoms with E-state index in [1.54, 1.807) is 0 Å². The second-order valence-corrected chi connectivity index (χ2v) is 9.75. The van der Waals surface area contributed by atoms with E-state index in [2.05, 4.69) is 143 Å². The highest BCUT2D eigenvalue weighted by Gasteiger charge is 2.43. The predicted octanol–water partition coefficient (Wildman–Crippen LogP) is 6.68. The fraction of sp³-hybridized carbons (Fsp3) is 0. The highest BCUT2D eigenvalue weighted by molar-refractivity contribution is 6.99. The summed E-state index contributed by atoms with van der Waals surface area (Å²) in [6.07, 6.45) is 0. The van der Waals surface area contributed by atoms with Crippen LogP contribution in [0.1, 0.15) is 0 Å². The van der Waals surface area contributed by atoms with E-state index >= 15 is 0 Å². The van der Waals surface area contributed by atoms with E-state index in [4.69, 9.17) is 4.42 Å². The molecule has 0 N–H and O–H groups in total. The second kappa shape index (κ2) is 8.29. The first-order chi connectivity index (χ1) is 18.9. The maximum absolute atomic E-state index is 6.78. The molecule has 1 aliphatic rings. The summed E-state index contributed by atoms with van der Waals surface area (Å²) in [5, 5.41) is 2.34. The van der Waals surface area contributed by atoms with Crippen molar-refractivity contribution in [1.82, 2.24) is 4.57 Å². The molecule has 0 spiro atoms. The van der Waals surface area contributed by atoms with Crippen LogP contribution < -0.4 is 21.5 Å². The van der Waals surface area contributed by atoms with Crippen molar-refractivity contribution in [1.29, 1.82) is 0 Å². The third-order valence-electron chi connectivity index (χ3n) is 7.63. The first-order valence-corrected chi connectivity index (χ1v) is 13.0. The van der Waals surface area contributed by atoms with Crippen LogP contribution in [0.4, 0.5) is 17.2 Å². The topological polar surface area (TPSA) is 21.3 Å². The lowest BCUT2D eigenvalue weighted by atomic mass is 9.37. The van der Waals surface area contributed by atoms with Gasteiger partial charge in [0.2, 0.25) is 0 Å². The summed E-state index contributed by atoms with van der Waals surface area (Å²) in [5.74, 6) is 1.15. The second-order valence-electron chi connectivity index (χ2n) is 9.75. The summed E-state index contributed by atoms with van der Waals surface area (Å²) in [5.41, 5.74) is 8.88. The first-order valence-electron chi connectivity index (χ1n) is 13.0. The Balaban J connectivity index is 1.59. The molecule has 8 rings (SSSR count). The molecule has 3 nitrogen and oxygen atoms in total. The molecular weight excluding hydrogens is 463 g/mol. The zero-order valence-electron chi connectivity index (χ0n) is 20.7. The number of rotatable bonds is 3. The lowest BCUT2D eigenvalue weighted by Crippen LogP contribution is -2.56. The average molecular weight is 486 g/mol. The van der Waals surface area contributed by atoms with E-state index < -0.39 is 0 Å². The Morgan fingerprint density at radius 3 is 1.84 bits per heavy atom. The molecule has 3 heterocycles. The molecule has 4 heteroatoms. The molecule has 5 aromatic carbocycles. The highest BCUT2D eigenvalue weighted by atomic mass is 16.3. The zero-order chi connectivity index (χ0) is 25.1. The molecular formula is C34H23BN2O. The van der Waals surface area contributed by atoms with Gasteiger partial charge in [-0.3, -0.25) is 9.47 Å². The molecule has 0 radical (unpaired) electrons. The van der Waals surface area contributed by atoms with Crippen LogP contribution in [0.2, 0.25) is 0 Å². The number of furan rings is 1. The lowest BCUT2D eigenvalue weighted by Gasteiger charge is -2.34. The van der Waals surface area contributed by atoms with E-state index in [1.807, 2.05) is 6.07 Å². The van der Waals surface area contributed by atoms with Gasteiger partial charge in [-0.2, -0.15) is 0 Å². The fourth-order valence-electron chi connectivity index (χ4n) is 6.10. The van der Waals surface area contributed by atoms with Crippen molar-refractivity contribution in [2.24, 2.45) is 0 Å². The van der Waals surface area contributed by atoms with Crippen LogP contribution in [0.25, 0.3) is 27.6 Å². The van der Waals surface area contributed by atoms with Crippen molar-refractivity contribution in [3.05, 3.63) is 140 Å². The van der Waals surface area contributed by atoms with Gasteiger partial charge in [0.15, 0.2) is 0 Å². The molecule has 0 atom stereocenters. The fourth-order valence-corrected chi connectivity index (χ4v) is 6.10. The SMILES string of the molecule is c1ccc(B2c3oc4ccccc4c3N(c3ccccc3)c3c2c2ccccc2n3-c2ccccc2)cc1. The van der Waals surface area contributed by atoms with E-state index in [0.29, 0.717) is 0 Å². The Hall–Kier alpha value is -4.96. The molecule has 1 aliphatic heterocycles. The van der Waals surface area contributed by atoms with Gasteiger partial charge in [0.05, 0.1) is 16.9 Å². The van der Waals surface area contributed by atoms with Gasteiger partial charge >= 0.3 is 0 Å². The third kappa shape index (κ3) is 2.98. The van der Waals surface area contributed by atoms with Crippen molar-refractivity contribution >= 4 is 62.4 Å². The zero-order valence-corrected chi connectivity index (χ0v) is 20.7. The summed E-state index contributed by atoms with van der Waals surface area (Å²) >= 11 is 0. The molecule has 0 saturated carbocycles. The number of anilines is 3. The Morgan fingerprint density at radius 2 is 1.11 bits per heavy atom. The van der Waals surface area contributed by atoms with Crippen LogP contribution in [0, 0.1) is 0 Å². The molecule has 178 valence electrons. The van der Waals surface area contributed by atoms with Crippen molar-refractivity contribution in [2.45, 2.75) is 0 Å². The summed E-state index contributed by atoms with van der Waals surface area (Å²) in [7, 11) is 0. The number of nitrogens with zero attached hydrogens (tertiary/aromatic N) is 2. The predicted molar refractivity (Wildman–Crippen MR) is 159 cm³/mol. The Labute approximate surface area is 221 Å². The molecule has 0 amide bonds. The van der Waals surface area contributed by atoms with Gasteiger partial charge in [-0.25, -0.2) is 0 Å². The van der Waals surface area contributed by atoms with Crippen molar-refractivity contribution in [2.75, 3.05) is 4.90 Å². The molecule has 0 fully saturated rings. The molecule has 0 unspecified atom stereocenters. The molecule has 0 saturated heterocycles. The van der Waals surface area contributed by atoms with Crippen LogP contribution in [0.15, 0.2) is 144 Å². The number of aromatic nitrogens is 1. The van der Waals surface area contributed by atoms with Crippen LogP contribution in [-0.2, 0) is 0 Å². The molecule has 38 heavy (non-hydrogen) atoms. The van der Waals surface area contributed by atoms with Crippen molar-refractivity contribution < 1.29 is 4.42 Å². The summed E-state index contributed by atoms with van der Waals surface area (Å²) < 4.78 is 9.19. The smallest absolute Gasteiger partial charge is 0.295 e. The Kier molecular flexibility index (Phi) is 4.62. The maximum atomic E-state index is 6.78. The summed E-state index contributed by atoms with van der Waals surface area (Å²) in [6.45, 7) is -0.0524. The van der Waals surface area contributed by atoms with E-state index in [9.17, 15) is 0 Å². The Bertz CT molecular complexity index is 1920. The van der Waals surface area contributed by atoms with Crippen molar-refractivity contribution in [3.8, 4) is 5.69 Å². The van der Waals surface area contributed by atoms with Gasteiger partial charge < -0.3 is 4.42 Å². The third-order valence-corrected chi connectivity index (χ3v) is 7.63. The minimum atomic E-state index is -0.0524. The van der Waals surface area contributed by atoms with Gasteiger partial charge in [-0.1, -0.05) is 103 Å². The number of para-hydroxylation sites is 4. The maximum Gasteiger partial charge on any atom is 0.295 e. The molecule has 0 aliphatic carbocycles. The quantitative estimate of drug-likeness (QED) is 0.260. The van der Waals surface area contributed by atoms with Gasteiger partial charge in [0, 0.05) is 16.8 Å². The van der Waals surface area contributed by atoms with E-state index in [1.165, 1.54) is 21.8 Å². The van der Waals surface area contributed by atoms with Gasteiger partial charge in [0.25, 0.3) is 6.71 Å². The van der Waals surface area contributed by atoms with E-state index in [-0.39, 0.29) is 6.71 Å². The minimum Gasteiger partial charge on any atom is -0.468 e. The van der Waals surface area contributed by atoms with Crippen molar-refractivity contribution in [3.63, 3.8) is 0 Å². The monoisotopic (exact) mass is 486 g/mol. The van der Waals surface area contributed by atoms with Crippen LogP contribution in [0.5, 0.6) is 0 Å². The summed E-state index contributed by atoms with van der Waals surface area (Å²) in [4.78, 5) is 2.41. The largest absolute Gasteiger partial charge is 0.468 e. The summed E-state index contributed by atoms with van der Waals surface area (Å²) in [6, 6.07) is 49.2. The van der Waals surface area contributed by atoms with Crippen LogP contribution >= 0.6 is 0 Å². The van der Waals surface area contributed by atoms with Gasteiger partial charge in [-0.05, 0) is 53.3 Å². The number of hydrogen-bond donors (Lipinski definition) is 0. The standard InChI is InChI=1S/C34H23BN2O/c1-4-14-24(15-5-1)35-31-27-20-10-12-22-29(27)36(25-16-6-2-7-17-25)34(31)37(26-18-8-3-9-19-26)32-28-21-11-13-23-30(28)38-33(32)35/h1-23H. The average Bonchev–Trinajstić information content (AvgIpc) is 3.54. The highest BCUT2D eigenvalue weighted by Crippen LogP contribution is 2.44. The normalized spacial score (nSPS) is 12.6. The number of fused-ring (bicyclic) bond motifs is 6. The minimum absolute atomic E-state index is 0.0524. The van der Waals surface area contributed by atoms with Crippen LogP contribution in [-0.4, -0.2) is 11.3 Å². The lowest BCUT2D eigenvalue weighted by molar-refractivity contribution is 0.651. The molecule has 7 aromatic rings. The van der Waals surface area contributed by atoms with Crippen LogP contribution in [0.3, 0.4) is 0 Å². The number of hydrogen-bond acceptors (Lipinski definition) is 2. The molecule has 0 bridgehead atoms. The van der Waals surface area contributed by atoms with Gasteiger partial charge in [0.1, 0.15) is 11.4 Å². The van der Waals surface area contributed by atoms with E-state index in [0.717, 1.165) is 39.5 Å². The first kappa shape index (κ1) is 21.2. The molecule has 2 aromatic heterocycles.